The molecule has 1 aliphatic heterocycles. The zero-order valence-electron chi connectivity index (χ0n) is 12.1. The normalized spacial score (nSPS) is 18.0. The van der Waals surface area contributed by atoms with Gasteiger partial charge in [0.2, 0.25) is 0 Å². The molecule has 0 aliphatic carbocycles. The van der Waals surface area contributed by atoms with E-state index in [1.165, 1.54) is 19.3 Å². The maximum atomic E-state index is 11.9. The second-order valence-electron chi connectivity index (χ2n) is 5.71. The van der Waals surface area contributed by atoms with Crippen molar-refractivity contribution in [2.24, 2.45) is 5.41 Å². The van der Waals surface area contributed by atoms with E-state index in [0.717, 1.165) is 19.6 Å². The predicted octanol–water partition coefficient (Wildman–Crippen LogP) is 2.22. The van der Waals surface area contributed by atoms with Crippen LogP contribution in [0.3, 0.4) is 0 Å². The van der Waals surface area contributed by atoms with Crippen molar-refractivity contribution in [1.29, 1.82) is 0 Å². The molecule has 118 valence electrons. The Hall–Kier alpha value is -0.0700. The van der Waals surface area contributed by atoms with Crippen LogP contribution in [0.25, 0.3) is 0 Å². The molecular formula is C12H24NO5PS. The number of carbonyl (C=O) groups excluding carboxylic acids is 1. The maximum absolute atomic E-state index is 11.9. The first-order valence-electron chi connectivity index (χ1n) is 6.80. The summed E-state index contributed by atoms with van der Waals surface area (Å²) >= 11 is 0.337. The summed E-state index contributed by atoms with van der Waals surface area (Å²) in [6.45, 7) is 2.45. The fraction of sp³-hybridized carbons (Fsp3) is 0.917. The van der Waals surface area contributed by atoms with Crippen LogP contribution in [0.4, 0.5) is 0 Å². The minimum atomic E-state index is -4.18. The molecule has 0 unspecified atom stereocenters. The monoisotopic (exact) mass is 325 g/mol. The molecule has 0 aromatic rings. The first-order valence-corrected chi connectivity index (χ1v) is 10.0. The third-order valence-electron chi connectivity index (χ3n) is 3.47. The summed E-state index contributed by atoms with van der Waals surface area (Å²) < 4.78 is 15.6. The molecule has 0 amide bonds. The van der Waals surface area contributed by atoms with Gasteiger partial charge in [0.1, 0.15) is 5.94 Å². The van der Waals surface area contributed by atoms with Crippen LogP contribution in [0.15, 0.2) is 0 Å². The second-order valence-corrected chi connectivity index (χ2v) is 9.38. The smallest absolute Gasteiger partial charge is 0.387 e. The van der Waals surface area contributed by atoms with Gasteiger partial charge in [-0.2, -0.15) is 0 Å². The van der Waals surface area contributed by atoms with Gasteiger partial charge in [-0.15, -0.1) is 0 Å². The predicted molar refractivity (Wildman–Crippen MR) is 79.3 cm³/mol. The highest BCUT2D eigenvalue weighted by Crippen LogP contribution is 2.50. The summed E-state index contributed by atoms with van der Waals surface area (Å²) in [5.74, 6) is -0.716. The number of hydrogen-bond acceptors (Lipinski definition) is 5. The van der Waals surface area contributed by atoms with E-state index in [-0.39, 0.29) is 5.94 Å². The molecule has 1 rings (SSSR count). The minimum absolute atomic E-state index is 0.309. The van der Waals surface area contributed by atoms with E-state index in [2.05, 4.69) is 4.90 Å². The summed E-state index contributed by atoms with van der Waals surface area (Å²) in [5.41, 5.74) is -0.632. The largest absolute Gasteiger partial charge is 0.454 e. The molecule has 1 heterocycles. The molecule has 0 bridgehead atoms. The number of likely N-dealkylation sites (tertiary alicyclic amines) is 1. The average molecular weight is 325 g/mol. The highest BCUT2D eigenvalue weighted by atomic mass is 32.7. The first-order chi connectivity index (χ1) is 9.21. The highest BCUT2D eigenvalue weighted by Gasteiger charge is 2.30. The van der Waals surface area contributed by atoms with Crippen molar-refractivity contribution in [3.8, 4) is 0 Å². The fourth-order valence-electron chi connectivity index (χ4n) is 2.07. The van der Waals surface area contributed by atoms with E-state index in [4.69, 9.17) is 14.5 Å². The van der Waals surface area contributed by atoms with E-state index in [1.54, 1.807) is 13.8 Å². The van der Waals surface area contributed by atoms with Gasteiger partial charge >= 0.3 is 12.8 Å². The van der Waals surface area contributed by atoms with E-state index in [9.17, 15) is 9.36 Å². The molecule has 1 aliphatic rings. The number of nitrogens with zero attached hydrogens (tertiary/aromatic N) is 1. The summed E-state index contributed by atoms with van der Waals surface area (Å²) in [7, 11) is 0. The van der Waals surface area contributed by atoms with Crippen LogP contribution < -0.4 is 0 Å². The third kappa shape index (κ3) is 7.09. The first kappa shape index (κ1) is 18.0. The lowest BCUT2D eigenvalue weighted by atomic mass is 9.89. The van der Waals surface area contributed by atoms with Crippen molar-refractivity contribution in [2.75, 3.05) is 25.6 Å². The van der Waals surface area contributed by atoms with Gasteiger partial charge in [0.15, 0.2) is 0 Å². The molecule has 0 aromatic heterocycles. The zero-order valence-corrected chi connectivity index (χ0v) is 13.8. The van der Waals surface area contributed by atoms with Crippen LogP contribution in [0.1, 0.15) is 39.5 Å². The van der Waals surface area contributed by atoms with Crippen molar-refractivity contribution >= 4 is 24.1 Å². The Kier molecular flexibility index (Phi) is 7.01. The van der Waals surface area contributed by atoms with Gasteiger partial charge in [-0.3, -0.25) is 4.79 Å². The third-order valence-corrected chi connectivity index (χ3v) is 5.35. The summed E-state index contributed by atoms with van der Waals surface area (Å²) in [6, 6.07) is 0. The summed E-state index contributed by atoms with van der Waals surface area (Å²) in [6.07, 6.45) is 4.39. The van der Waals surface area contributed by atoms with Gasteiger partial charge in [-0.1, -0.05) is 6.42 Å². The minimum Gasteiger partial charge on any atom is -0.454 e. The van der Waals surface area contributed by atoms with Crippen LogP contribution in [-0.4, -0.2) is 46.2 Å². The molecular weight excluding hydrogens is 301 g/mol. The number of esters is 1. The van der Waals surface area contributed by atoms with Gasteiger partial charge in [0.25, 0.3) is 0 Å². The molecule has 1 fully saturated rings. The van der Waals surface area contributed by atoms with Crippen molar-refractivity contribution < 1.29 is 23.9 Å². The van der Waals surface area contributed by atoms with Crippen LogP contribution in [0.5, 0.6) is 0 Å². The maximum Gasteiger partial charge on any atom is 0.387 e. The van der Waals surface area contributed by atoms with Gasteiger partial charge in [0, 0.05) is 11.4 Å². The van der Waals surface area contributed by atoms with Crippen molar-refractivity contribution in [3.63, 3.8) is 0 Å². The van der Waals surface area contributed by atoms with Gasteiger partial charge < -0.3 is 19.4 Å². The average Bonchev–Trinajstić information content (AvgIpc) is 2.36. The van der Waals surface area contributed by atoms with E-state index >= 15 is 0 Å². The lowest BCUT2D eigenvalue weighted by molar-refractivity contribution is -0.152. The molecule has 1 saturated heterocycles. The molecule has 0 aromatic carbocycles. The van der Waals surface area contributed by atoms with Gasteiger partial charge in [-0.25, -0.2) is 4.57 Å². The molecule has 8 heteroatoms. The molecule has 0 atom stereocenters. The van der Waals surface area contributed by atoms with Gasteiger partial charge in [0.05, 0.1) is 5.41 Å². The SMILES string of the molecule is CC(C)(CCN1CCCCC1)C(=O)OCSP(=O)(O)O. The van der Waals surface area contributed by atoms with Crippen molar-refractivity contribution in [1.82, 2.24) is 4.90 Å². The second kappa shape index (κ2) is 7.80. The van der Waals surface area contributed by atoms with E-state index in [0.29, 0.717) is 17.8 Å². The van der Waals surface area contributed by atoms with Crippen molar-refractivity contribution in [3.05, 3.63) is 0 Å². The molecule has 6 nitrogen and oxygen atoms in total. The Morgan fingerprint density at radius 2 is 1.90 bits per heavy atom. The molecule has 0 spiro atoms. The van der Waals surface area contributed by atoms with E-state index < -0.39 is 18.2 Å². The van der Waals surface area contributed by atoms with Crippen molar-refractivity contribution in [2.45, 2.75) is 39.5 Å². The Labute approximate surface area is 124 Å². The van der Waals surface area contributed by atoms with Gasteiger partial charge in [-0.05, 0) is 52.7 Å². The molecule has 2 N–H and O–H groups in total. The lowest BCUT2D eigenvalue weighted by Gasteiger charge is -2.30. The quantitative estimate of drug-likeness (QED) is 0.421. The summed E-state index contributed by atoms with van der Waals surface area (Å²) in [4.78, 5) is 31.6. The number of carbonyl (C=O) groups is 1. The van der Waals surface area contributed by atoms with Crippen LogP contribution in [0.2, 0.25) is 0 Å². The summed E-state index contributed by atoms with van der Waals surface area (Å²) in [5, 5.41) is 0. The number of ether oxygens (including phenoxy) is 1. The highest BCUT2D eigenvalue weighted by molar-refractivity contribution is 8.54. The number of hydrogen-bond donors (Lipinski definition) is 2. The standard InChI is InChI=1S/C12H24NO5PS/c1-12(2,6-9-13-7-4-3-5-8-13)11(14)18-10-20-19(15,16)17/h3-10H2,1-2H3,(H2,15,16,17). The Bertz CT molecular complexity index is 365. The van der Waals surface area contributed by atoms with Crippen LogP contribution >= 0.6 is 18.2 Å². The molecule has 20 heavy (non-hydrogen) atoms. The zero-order chi connectivity index (χ0) is 15.2. The van der Waals surface area contributed by atoms with Crippen LogP contribution in [-0.2, 0) is 14.1 Å². The lowest BCUT2D eigenvalue weighted by Crippen LogP contribution is -2.35. The number of piperidine rings is 1. The Morgan fingerprint density at radius 1 is 1.30 bits per heavy atom. The topological polar surface area (TPSA) is 87.1 Å². The Morgan fingerprint density at radius 3 is 2.45 bits per heavy atom. The van der Waals surface area contributed by atoms with Crippen LogP contribution in [0, 0.1) is 5.41 Å². The molecule has 0 radical (unpaired) electrons. The van der Waals surface area contributed by atoms with E-state index in [1.807, 2.05) is 0 Å². The molecule has 0 saturated carbocycles. The Balaban J connectivity index is 2.30. The fourth-order valence-corrected chi connectivity index (χ4v) is 2.93. The number of rotatable bonds is 7.